The Bertz CT molecular complexity index is 490. The second-order valence-electron chi connectivity index (χ2n) is 2.87. The van der Waals surface area contributed by atoms with Crippen LogP contribution in [0.15, 0.2) is 22.7 Å². The summed E-state index contributed by atoms with van der Waals surface area (Å²) < 4.78 is 30.4. The topological polar surface area (TPSA) is 52.0 Å². The Morgan fingerprint density at radius 3 is 2.53 bits per heavy atom. The number of aromatic nitrogens is 1. The third-order valence-corrected chi connectivity index (χ3v) is 2.08. The number of rotatable bonds is 1. The first-order chi connectivity index (χ1) is 7.08. The SMILES string of the molecule is Nc1cc(-c2cc(F)c(F)c(Cl)c2)no1. The Morgan fingerprint density at radius 2 is 2.00 bits per heavy atom. The van der Waals surface area contributed by atoms with E-state index in [9.17, 15) is 8.78 Å². The molecule has 3 nitrogen and oxygen atoms in total. The van der Waals surface area contributed by atoms with E-state index in [2.05, 4.69) is 9.68 Å². The molecule has 0 aliphatic heterocycles. The lowest BCUT2D eigenvalue weighted by Gasteiger charge is -1.99. The van der Waals surface area contributed by atoms with Crippen LogP contribution in [0.5, 0.6) is 0 Å². The zero-order chi connectivity index (χ0) is 11.0. The number of benzene rings is 1. The van der Waals surface area contributed by atoms with Crippen LogP contribution in [0.25, 0.3) is 11.3 Å². The van der Waals surface area contributed by atoms with Gasteiger partial charge < -0.3 is 10.3 Å². The quantitative estimate of drug-likeness (QED) is 0.767. The van der Waals surface area contributed by atoms with Gasteiger partial charge in [0.05, 0.1) is 5.02 Å². The van der Waals surface area contributed by atoms with Crippen LogP contribution < -0.4 is 5.73 Å². The van der Waals surface area contributed by atoms with Crippen LogP contribution in [-0.2, 0) is 0 Å². The van der Waals surface area contributed by atoms with Crippen molar-refractivity contribution in [2.45, 2.75) is 0 Å². The number of nitrogen functional groups attached to an aromatic ring is 1. The van der Waals surface area contributed by atoms with Gasteiger partial charge in [-0.1, -0.05) is 16.8 Å². The normalized spacial score (nSPS) is 10.6. The molecular weight excluding hydrogens is 226 g/mol. The van der Waals surface area contributed by atoms with Gasteiger partial charge in [-0.2, -0.15) is 0 Å². The maximum Gasteiger partial charge on any atom is 0.222 e. The highest BCUT2D eigenvalue weighted by Gasteiger charge is 2.12. The Labute approximate surface area is 88.4 Å². The summed E-state index contributed by atoms with van der Waals surface area (Å²) in [5.41, 5.74) is 5.90. The highest BCUT2D eigenvalue weighted by atomic mass is 35.5. The molecule has 6 heteroatoms. The Kier molecular flexibility index (Phi) is 2.32. The van der Waals surface area contributed by atoms with E-state index in [1.165, 1.54) is 12.1 Å². The summed E-state index contributed by atoms with van der Waals surface area (Å²) in [6.45, 7) is 0. The fourth-order valence-electron chi connectivity index (χ4n) is 1.13. The number of nitrogens with two attached hydrogens (primary N) is 1. The average Bonchev–Trinajstić information content (AvgIpc) is 2.60. The molecule has 0 aliphatic rings. The van der Waals surface area contributed by atoms with Crippen molar-refractivity contribution in [3.05, 3.63) is 34.9 Å². The summed E-state index contributed by atoms with van der Waals surface area (Å²) in [5, 5.41) is 3.24. The predicted molar refractivity (Wildman–Crippen MR) is 51.3 cm³/mol. The summed E-state index contributed by atoms with van der Waals surface area (Å²) in [5.74, 6) is -2.04. The number of nitrogens with zero attached hydrogens (tertiary/aromatic N) is 1. The summed E-state index contributed by atoms with van der Waals surface area (Å²) >= 11 is 5.47. The van der Waals surface area contributed by atoms with Crippen LogP contribution in [0, 0.1) is 11.6 Å². The molecule has 78 valence electrons. The van der Waals surface area contributed by atoms with Crippen LogP contribution in [0.2, 0.25) is 5.02 Å². The first kappa shape index (κ1) is 9.92. The Morgan fingerprint density at radius 1 is 1.27 bits per heavy atom. The third kappa shape index (κ3) is 1.78. The number of anilines is 1. The molecule has 0 spiro atoms. The molecule has 0 aliphatic carbocycles. The molecule has 0 saturated heterocycles. The summed E-state index contributed by atoms with van der Waals surface area (Å²) in [7, 11) is 0. The summed E-state index contributed by atoms with van der Waals surface area (Å²) in [4.78, 5) is 0. The minimum atomic E-state index is -1.09. The Hall–Kier alpha value is -1.62. The van der Waals surface area contributed by atoms with Crippen LogP contribution in [-0.4, -0.2) is 5.16 Å². The van der Waals surface area contributed by atoms with Crippen molar-refractivity contribution in [1.29, 1.82) is 0 Å². The number of hydrogen-bond donors (Lipinski definition) is 1. The van der Waals surface area contributed by atoms with Crippen molar-refractivity contribution < 1.29 is 13.3 Å². The lowest BCUT2D eigenvalue weighted by molar-refractivity contribution is 0.439. The van der Waals surface area contributed by atoms with E-state index in [0.29, 0.717) is 11.3 Å². The molecule has 1 heterocycles. The molecule has 1 aromatic heterocycles. The van der Waals surface area contributed by atoms with Crippen molar-refractivity contribution in [2.24, 2.45) is 0 Å². The molecule has 1 aromatic carbocycles. The van der Waals surface area contributed by atoms with E-state index >= 15 is 0 Å². The van der Waals surface area contributed by atoms with E-state index in [1.807, 2.05) is 0 Å². The molecule has 0 saturated carbocycles. The smallest absolute Gasteiger partial charge is 0.222 e. The predicted octanol–water partition coefficient (Wildman–Crippen LogP) is 2.86. The lowest BCUT2D eigenvalue weighted by Crippen LogP contribution is -1.87. The number of halogens is 3. The van der Waals surface area contributed by atoms with Crippen LogP contribution in [0.3, 0.4) is 0 Å². The van der Waals surface area contributed by atoms with Gasteiger partial charge in [0, 0.05) is 11.6 Å². The second-order valence-corrected chi connectivity index (χ2v) is 3.28. The average molecular weight is 231 g/mol. The maximum absolute atomic E-state index is 13.0. The molecule has 0 amide bonds. The second kappa shape index (κ2) is 3.51. The minimum Gasteiger partial charge on any atom is -0.368 e. The molecule has 0 bridgehead atoms. The fourth-order valence-corrected chi connectivity index (χ4v) is 1.34. The molecule has 15 heavy (non-hydrogen) atoms. The van der Waals surface area contributed by atoms with Gasteiger partial charge >= 0.3 is 0 Å². The zero-order valence-corrected chi connectivity index (χ0v) is 8.05. The zero-order valence-electron chi connectivity index (χ0n) is 7.30. The highest BCUT2D eigenvalue weighted by Crippen LogP contribution is 2.27. The molecule has 0 atom stereocenters. The first-order valence-corrected chi connectivity index (χ1v) is 4.33. The van der Waals surface area contributed by atoms with Gasteiger partial charge in [0.2, 0.25) is 5.88 Å². The van der Waals surface area contributed by atoms with Crippen molar-refractivity contribution in [2.75, 3.05) is 5.73 Å². The van der Waals surface area contributed by atoms with Crippen molar-refractivity contribution in [1.82, 2.24) is 5.16 Å². The molecular formula is C9H5ClF2N2O. The molecule has 2 N–H and O–H groups in total. The van der Waals surface area contributed by atoms with Gasteiger partial charge in [0.1, 0.15) is 5.69 Å². The van der Waals surface area contributed by atoms with Gasteiger partial charge in [-0.05, 0) is 12.1 Å². The fraction of sp³-hybridized carbons (Fsp3) is 0. The van der Waals surface area contributed by atoms with E-state index in [-0.39, 0.29) is 10.9 Å². The van der Waals surface area contributed by atoms with Crippen LogP contribution >= 0.6 is 11.6 Å². The van der Waals surface area contributed by atoms with E-state index in [4.69, 9.17) is 17.3 Å². The molecule has 0 fully saturated rings. The van der Waals surface area contributed by atoms with Crippen LogP contribution in [0.1, 0.15) is 0 Å². The van der Waals surface area contributed by atoms with Gasteiger partial charge in [0.25, 0.3) is 0 Å². The monoisotopic (exact) mass is 230 g/mol. The largest absolute Gasteiger partial charge is 0.368 e. The summed E-state index contributed by atoms with van der Waals surface area (Å²) in [6, 6.07) is 3.61. The van der Waals surface area contributed by atoms with Crippen molar-refractivity contribution in [3.8, 4) is 11.3 Å². The van der Waals surface area contributed by atoms with Gasteiger partial charge in [-0.25, -0.2) is 8.78 Å². The van der Waals surface area contributed by atoms with Gasteiger partial charge in [-0.3, -0.25) is 0 Å². The third-order valence-electron chi connectivity index (χ3n) is 1.81. The van der Waals surface area contributed by atoms with E-state index < -0.39 is 11.6 Å². The van der Waals surface area contributed by atoms with Crippen molar-refractivity contribution >= 4 is 17.5 Å². The molecule has 2 aromatic rings. The molecule has 2 rings (SSSR count). The molecule has 0 unspecified atom stereocenters. The standard InChI is InChI=1S/C9H5ClF2N2O/c10-5-1-4(2-6(11)9(5)12)7-3-8(13)15-14-7/h1-3H,13H2. The maximum atomic E-state index is 13.0. The Balaban J connectivity index is 2.55. The van der Waals surface area contributed by atoms with Crippen LogP contribution in [0.4, 0.5) is 14.7 Å². The van der Waals surface area contributed by atoms with E-state index in [1.54, 1.807) is 0 Å². The first-order valence-electron chi connectivity index (χ1n) is 3.95. The van der Waals surface area contributed by atoms with Crippen molar-refractivity contribution in [3.63, 3.8) is 0 Å². The molecule has 0 radical (unpaired) electrons. The van der Waals surface area contributed by atoms with Gasteiger partial charge in [0.15, 0.2) is 11.6 Å². The highest BCUT2D eigenvalue weighted by molar-refractivity contribution is 6.31. The van der Waals surface area contributed by atoms with E-state index in [0.717, 1.165) is 6.07 Å². The number of hydrogen-bond acceptors (Lipinski definition) is 3. The summed E-state index contributed by atoms with van der Waals surface area (Å²) in [6.07, 6.45) is 0. The lowest BCUT2D eigenvalue weighted by atomic mass is 10.1. The van der Waals surface area contributed by atoms with Gasteiger partial charge in [-0.15, -0.1) is 0 Å². The minimum absolute atomic E-state index is 0.0888.